The maximum atomic E-state index is 14.0. The minimum Gasteiger partial charge on any atom is -0.329 e. The van der Waals surface area contributed by atoms with E-state index >= 15 is 0 Å². The topological polar surface area (TPSA) is 29.3 Å². The van der Waals surface area contributed by atoms with E-state index in [0.29, 0.717) is 29.0 Å². The summed E-state index contributed by atoms with van der Waals surface area (Å²) in [6.45, 7) is 6.84. The molecule has 0 aliphatic carbocycles. The van der Waals surface area contributed by atoms with Crippen molar-refractivity contribution in [2.75, 3.05) is 19.6 Å². The van der Waals surface area contributed by atoms with E-state index in [0.717, 1.165) is 13.1 Å². The molecule has 0 aromatic heterocycles. The van der Waals surface area contributed by atoms with Crippen LogP contribution in [0.5, 0.6) is 0 Å². The predicted molar refractivity (Wildman–Crippen MR) is 77.7 cm³/mol. The van der Waals surface area contributed by atoms with Crippen molar-refractivity contribution in [1.82, 2.24) is 4.90 Å². The molecular weight excluding hydrogens is 263 g/mol. The minimum absolute atomic E-state index is 0.0797. The highest BCUT2D eigenvalue weighted by atomic mass is 35.5. The van der Waals surface area contributed by atoms with Gasteiger partial charge in [0.25, 0.3) is 0 Å². The molecule has 2 rings (SSSR count). The van der Waals surface area contributed by atoms with Crippen molar-refractivity contribution >= 4 is 11.6 Å². The van der Waals surface area contributed by atoms with Gasteiger partial charge in [0.1, 0.15) is 5.82 Å². The fourth-order valence-corrected chi connectivity index (χ4v) is 3.39. The van der Waals surface area contributed by atoms with Gasteiger partial charge in [0.15, 0.2) is 0 Å². The molecule has 106 valence electrons. The van der Waals surface area contributed by atoms with Crippen LogP contribution in [-0.2, 0) is 0 Å². The van der Waals surface area contributed by atoms with Crippen LogP contribution in [0.1, 0.15) is 31.9 Å². The van der Waals surface area contributed by atoms with Gasteiger partial charge >= 0.3 is 0 Å². The van der Waals surface area contributed by atoms with Gasteiger partial charge in [-0.25, -0.2) is 4.39 Å². The SMILES string of the molecule is CC1CC(C)CN(C(CN)c2cc(Cl)ccc2F)C1. The van der Waals surface area contributed by atoms with Crippen molar-refractivity contribution in [2.45, 2.75) is 26.3 Å². The molecule has 2 nitrogen and oxygen atoms in total. The monoisotopic (exact) mass is 284 g/mol. The quantitative estimate of drug-likeness (QED) is 0.921. The number of likely N-dealkylation sites (tertiary alicyclic amines) is 1. The Morgan fingerprint density at radius 3 is 2.58 bits per heavy atom. The zero-order valence-corrected chi connectivity index (χ0v) is 12.3. The number of hydrogen-bond acceptors (Lipinski definition) is 2. The van der Waals surface area contributed by atoms with Crippen LogP contribution < -0.4 is 5.73 Å². The maximum absolute atomic E-state index is 14.0. The number of rotatable bonds is 3. The molecule has 0 radical (unpaired) electrons. The van der Waals surface area contributed by atoms with Crippen molar-refractivity contribution in [3.05, 3.63) is 34.6 Å². The molecule has 0 saturated carbocycles. The number of benzene rings is 1. The summed E-state index contributed by atoms with van der Waals surface area (Å²) in [5, 5.41) is 0.563. The Morgan fingerprint density at radius 1 is 1.37 bits per heavy atom. The lowest BCUT2D eigenvalue weighted by Gasteiger charge is -2.40. The molecule has 0 bridgehead atoms. The van der Waals surface area contributed by atoms with Crippen LogP contribution in [0.25, 0.3) is 0 Å². The van der Waals surface area contributed by atoms with Crippen LogP contribution >= 0.6 is 11.6 Å². The summed E-state index contributed by atoms with van der Waals surface area (Å²) in [4.78, 5) is 2.30. The molecule has 0 amide bonds. The Labute approximate surface area is 119 Å². The zero-order valence-electron chi connectivity index (χ0n) is 11.6. The highest BCUT2D eigenvalue weighted by Crippen LogP contribution is 2.31. The van der Waals surface area contributed by atoms with E-state index < -0.39 is 0 Å². The fraction of sp³-hybridized carbons (Fsp3) is 0.600. The van der Waals surface area contributed by atoms with Gasteiger partial charge in [-0.1, -0.05) is 25.4 Å². The molecule has 1 aliphatic rings. The molecule has 0 spiro atoms. The third-order valence-corrected chi connectivity index (χ3v) is 4.11. The number of hydrogen-bond donors (Lipinski definition) is 1. The lowest BCUT2D eigenvalue weighted by atomic mass is 9.89. The molecule has 3 atom stereocenters. The van der Waals surface area contributed by atoms with Crippen LogP contribution in [0.2, 0.25) is 5.02 Å². The molecule has 3 unspecified atom stereocenters. The van der Waals surface area contributed by atoms with E-state index in [1.165, 1.54) is 12.5 Å². The third-order valence-electron chi connectivity index (χ3n) is 3.88. The fourth-order valence-electron chi connectivity index (χ4n) is 3.21. The highest BCUT2D eigenvalue weighted by Gasteiger charge is 2.29. The first-order valence-electron chi connectivity index (χ1n) is 6.90. The Hall–Kier alpha value is -0.640. The summed E-state index contributed by atoms with van der Waals surface area (Å²) in [7, 11) is 0. The third kappa shape index (κ3) is 3.47. The molecular formula is C15H22ClFN2. The summed E-state index contributed by atoms with van der Waals surface area (Å²) < 4.78 is 14.0. The number of halogens is 2. The van der Waals surface area contributed by atoms with Crippen molar-refractivity contribution in [3.8, 4) is 0 Å². The van der Waals surface area contributed by atoms with Crippen LogP contribution in [0.4, 0.5) is 4.39 Å². The van der Waals surface area contributed by atoms with Crippen LogP contribution in [0, 0.1) is 17.7 Å². The molecule has 1 heterocycles. The highest BCUT2D eigenvalue weighted by molar-refractivity contribution is 6.30. The first-order chi connectivity index (χ1) is 9.01. The lowest BCUT2D eigenvalue weighted by Crippen LogP contribution is -2.43. The van der Waals surface area contributed by atoms with Gasteiger partial charge in [0.05, 0.1) is 0 Å². The lowest BCUT2D eigenvalue weighted by molar-refractivity contribution is 0.0967. The molecule has 1 aliphatic heterocycles. The first kappa shape index (κ1) is 14.8. The number of nitrogens with zero attached hydrogens (tertiary/aromatic N) is 1. The van der Waals surface area contributed by atoms with Crippen molar-refractivity contribution in [1.29, 1.82) is 0 Å². The summed E-state index contributed by atoms with van der Waals surface area (Å²) in [5.41, 5.74) is 6.52. The summed E-state index contributed by atoms with van der Waals surface area (Å²) >= 11 is 5.99. The van der Waals surface area contributed by atoms with Gasteiger partial charge in [0, 0.05) is 36.3 Å². The molecule has 19 heavy (non-hydrogen) atoms. The summed E-state index contributed by atoms with van der Waals surface area (Å²) in [6.07, 6.45) is 1.23. The van der Waals surface area contributed by atoms with E-state index in [1.807, 2.05) is 0 Å². The molecule has 1 aromatic rings. The van der Waals surface area contributed by atoms with Gasteiger partial charge in [-0.05, 0) is 36.5 Å². The van der Waals surface area contributed by atoms with Gasteiger partial charge in [-0.2, -0.15) is 0 Å². The van der Waals surface area contributed by atoms with E-state index in [2.05, 4.69) is 18.7 Å². The molecule has 4 heteroatoms. The van der Waals surface area contributed by atoms with Crippen LogP contribution in [0.15, 0.2) is 18.2 Å². The molecule has 1 saturated heterocycles. The second kappa shape index (κ2) is 6.21. The van der Waals surface area contributed by atoms with Gasteiger partial charge in [0.2, 0.25) is 0 Å². The van der Waals surface area contributed by atoms with E-state index in [4.69, 9.17) is 17.3 Å². The van der Waals surface area contributed by atoms with Crippen LogP contribution in [0.3, 0.4) is 0 Å². The standard InChI is InChI=1S/C15H22ClFN2/c1-10-5-11(2)9-19(8-10)15(7-18)13-6-12(16)3-4-14(13)17/h3-4,6,10-11,15H,5,7-9,18H2,1-2H3. The van der Waals surface area contributed by atoms with Crippen molar-refractivity contribution < 1.29 is 4.39 Å². The summed E-state index contributed by atoms with van der Waals surface area (Å²) in [6, 6.07) is 4.63. The van der Waals surface area contributed by atoms with Crippen molar-refractivity contribution in [3.63, 3.8) is 0 Å². The van der Waals surface area contributed by atoms with E-state index in [1.54, 1.807) is 12.1 Å². The largest absolute Gasteiger partial charge is 0.329 e. The Bertz CT molecular complexity index is 428. The smallest absolute Gasteiger partial charge is 0.128 e. The maximum Gasteiger partial charge on any atom is 0.128 e. The van der Waals surface area contributed by atoms with Gasteiger partial charge in [-0.3, -0.25) is 4.90 Å². The van der Waals surface area contributed by atoms with E-state index in [-0.39, 0.29) is 11.9 Å². The molecule has 1 aromatic carbocycles. The van der Waals surface area contributed by atoms with Crippen LogP contribution in [-0.4, -0.2) is 24.5 Å². The second-order valence-electron chi connectivity index (χ2n) is 5.82. The average Bonchev–Trinajstić information content (AvgIpc) is 2.33. The normalized spacial score (nSPS) is 26.4. The number of nitrogens with two attached hydrogens (primary N) is 1. The molecule has 2 N–H and O–H groups in total. The zero-order chi connectivity index (χ0) is 14.0. The average molecular weight is 285 g/mol. The first-order valence-corrected chi connectivity index (χ1v) is 7.28. The summed E-state index contributed by atoms with van der Waals surface area (Å²) in [5.74, 6) is 1.03. The predicted octanol–water partition coefficient (Wildman–Crippen LogP) is 3.46. The van der Waals surface area contributed by atoms with Gasteiger partial charge in [-0.15, -0.1) is 0 Å². The number of piperidine rings is 1. The van der Waals surface area contributed by atoms with Gasteiger partial charge < -0.3 is 5.73 Å². The minimum atomic E-state index is -0.217. The Balaban J connectivity index is 2.26. The Kier molecular flexibility index (Phi) is 4.82. The Morgan fingerprint density at radius 2 is 2.00 bits per heavy atom. The van der Waals surface area contributed by atoms with E-state index in [9.17, 15) is 4.39 Å². The molecule has 1 fully saturated rings. The van der Waals surface area contributed by atoms with Crippen molar-refractivity contribution in [2.24, 2.45) is 17.6 Å². The second-order valence-corrected chi connectivity index (χ2v) is 6.25.